The average Bonchev–Trinajstić information content (AvgIpc) is 3.01. The van der Waals surface area contributed by atoms with Gasteiger partial charge in [0.1, 0.15) is 12.1 Å². The van der Waals surface area contributed by atoms with Gasteiger partial charge in [-0.3, -0.25) is 9.59 Å². The number of hydrogen-bond acceptors (Lipinski definition) is 6. The Labute approximate surface area is 151 Å². The summed E-state index contributed by atoms with van der Waals surface area (Å²) in [5.74, 6) is -1.98. The van der Waals surface area contributed by atoms with Crippen LogP contribution in [-0.4, -0.2) is 75.1 Å². The maximum atomic E-state index is 12.5. The van der Waals surface area contributed by atoms with Crippen LogP contribution in [0.4, 0.5) is 0 Å². The van der Waals surface area contributed by atoms with Crippen molar-refractivity contribution in [2.24, 2.45) is 5.41 Å². The zero-order valence-corrected chi connectivity index (χ0v) is 15.6. The Kier molecular flexibility index (Phi) is 5.36. The molecule has 10 heteroatoms. The minimum Gasteiger partial charge on any atom is -0.479 e. The van der Waals surface area contributed by atoms with Gasteiger partial charge in [0.15, 0.2) is 5.69 Å². The van der Waals surface area contributed by atoms with Crippen molar-refractivity contribution in [1.82, 2.24) is 25.2 Å². The van der Waals surface area contributed by atoms with Crippen molar-refractivity contribution < 1.29 is 24.2 Å². The number of carbonyl (C=O) groups is 3. The van der Waals surface area contributed by atoms with Crippen LogP contribution in [0.2, 0.25) is 0 Å². The second-order valence-electron chi connectivity index (χ2n) is 7.12. The van der Waals surface area contributed by atoms with Gasteiger partial charge in [0.2, 0.25) is 5.91 Å². The number of aromatic nitrogens is 3. The molecule has 10 nitrogen and oxygen atoms in total. The number of carboxylic acid groups (broad SMARTS) is 1. The zero-order chi connectivity index (χ0) is 19.7. The number of amides is 2. The summed E-state index contributed by atoms with van der Waals surface area (Å²) >= 11 is 0. The van der Waals surface area contributed by atoms with Crippen LogP contribution in [-0.2, 0) is 20.9 Å². The molecular weight excluding hydrogens is 342 g/mol. The predicted octanol–water partition coefficient (Wildman–Crippen LogP) is -0.245. The van der Waals surface area contributed by atoms with Crippen LogP contribution in [0.15, 0.2) is 6.20 Å². The van der Waals surface area contributed by atoms with E-state index in [0.717, 1.165) is 0 Å². The van der Waals surface area contributed by atoms with Crippen LogP contribution in [0.25, 0.3) is 0 Å². The van der Waals surface area contributed by atoms with E-state index in [-0.39, 0.29) is 30.7 Å². The van der Waals surface area contributed by atoms with Crippen molar-refractivity contribution in [3.63, 3.8) is 0 Å². The fourth-order valence-corrected chi connectivity index (χ4v) is 3.05. The maximum absolute atomic E-state index is 12.5. The Bertz CT molecular complexity index is 714. The lowest BCUT2D eigenvalue weighted by atomic mass is 9.54. The van der Waals surface area contributed by atoms with Gasteiger partial charge in [0.25, 0.3) is 5.91 Å². The Morgan fingerprint density at radius 1 is 1.42 bits per heavy atom. The maximum Gasteiger partial charge on any atom is 0.330 e. The van der Waals surface area contributed by atoms with Crippen molar-refractivity contribution in [2.75, 3.05) is 20.7 Å². The molecule has 0 aliphatic heterocycles. The third kappa shape index (κ3) is 3.28. The van der Waals surface area contributed by atoms with Crippen LogP contribution in [0, 0.1) is 5.41 Å². The smallest absolute Gasteiger partial charge is 0.330 e. The fraction of sp³-hybridized carbons (Fsp3) is 0.688. The third-order valence-corrected chi connectivity index (χ3v) is 5.02. The Morgan fingerprint density at radius 3 is 2.58 bits per heavy atom. The Hall–Kier alpha value is -2.49. The van der Waals surface area contributed by atoms with Gasteiger partial charge in [0.05, 0.1) is 12.3 Å². The normalized spacial score (nSPS) is 23.8. The molecule has 1 aliphatic carbocycles. The lowest BCUT2D eigenvalue weighted by molar-refractivity contribution is -0.190. The highest BCUT2D eigenvalue weighted by Gasteiger charge is 2.66. The molecular formula is C16H25N5O5. The standard InChI is InChI=1S/C16H25N5O5/c1-6-26-11-7-16(14(24)25,15(11,2)3)17-13(23)10-8-21(19-18-10)9-12(22)20(4)5/h8,11H,6-7,9H2,1-5H3,(H,17,23)(H,24,25). The summed E-state index contributed by atoms with van der Waals surface area (Å²) in [5.41, 5.74) is -2.29. The highest BCUT2D eigenvalue weighted by atomic mass is 16.5. The summed E-state index contributed by atoms with van der Waals surface area (Å²) in [7, 11) is 3.22. The lowest BCUT2D eigenvalue weighted by Crippen LogP contribution is -2.76. The molecule has 0 spiro atoms. The van der Waals surface area contributed by atoms with Gasteiger partial charge < -0.3 is 20.1 Å². The predicted molar refractivity (Wildman–Crippen MR) is 90.4 cm³/mol. The van der Waals surface area contributed by atoms with E-state index in [1.807, 2.05) is 6.92 Å². The molecule has 2 unspecified atom stereocenters. The molecule has 26 heavy (non-hydrogen) atoms. The fourth-order valence-electron chi connectivity index (χ4n) is 3.05. The topological polar surface area (TPSA) is 127 Å². The van der Waals surface area contributed by atoms with Crippen LogP contribution >= 0.6 is 0 Å². The molecule has 0 bridgehead atoms. The summed E-state index contributed by atoms with van der Waals surface area (Å²) < 4.78 is 6.80. The molecule has 1 fully saturated rings. The van der Waals surface area contributed by atoms with E-state index >= 15 is 0 Å². The molecule has 2 N–H and O–H groups in total. The van der Waals surface area contributed by atoms with Gasteiger partial charge in [-0.1, -0.05) is 19.1 Å². The van der Waals surface area contributed by atoms with E-state index in [1.54, 1.807) is 27.9 Å². The third-order valence-electron chi connectivity index (χ3n) is 5.02. The quantitative estimate of drug-likeness (QED) is 0.680. The molecule has 1 saturated carbocycles. The second-order valence-corrected chi connectivity index (χ2v) is 7.12. The minimum atomic E-state index is -1.45. The molecule has 1 aromatic rings. The minimum absolute atomic E-state index is 0.0483. The van der Waals surface area contributed by atoms with Crippen molar-refractivity contribution in [3.8, 4) is 0 Å². The first-order chi connectivity index (χ1) is 12.0. The van der Waals surface area contributed by atoms with Gasteiger partial charge in [-0.15, -0.1) is 5.10 Å². The summed E-state index contributed by atoms with van der Waals surface area (Å²) in [5, 5.41) is 19.8. The number of hydrogen-bond donors (Lipinski definition) is 2. The van der Waals surface area contributed by atoms with Gasteiger partial charge >= 0.3 is 5.97 Å². The average molecular weight is 367 g/mol. The molecule has 1 aliphatic rings. The van der Waals surface area contributed by atoms with E-state index in [9.17, 15) is 19.5 Å². The Balaban J connectivity index is 2.14. The first-order valence-electron chi connectivity index (χ1n) is 8.33. The summed E-state index contributed by atoms with van der Waals surface area (Å²) in [6, 6.07) is 0. The molecule has 144 valence electrons. The van der Waals surface area contributed by atoms with Gasteiger partial charge in [-0.05, 0) is 6.92 Å². The summed E-state index contributed by atoms with van der Waals surface area (Å²) in [6.07, 6.45) is 1.22. The number of rotatable bonds is 7. The number of carbonyl (C=O) groups excluding carboxylic acids is 2. The van der Waals surface area contributed by atoms with Crippen molar-refractivity contribution >= 4 is 17.8 Å². The number of likely N-dealkylation sites (N-methyl/N-ethyl adjacent to an activating group) is 1. The molecule has 2 atom stereocenters. The van der Waals surface area contributed by atoms with E-state index in [1.165, 1.54) is 15.8 Å². The SMILES string of the molecule is CCOC1CC(NC(=O)c2cn(CC(=O)N(C)C)nn2)(C(=O)O)C1(C)C. The monoisotopic (exact) mass is 367 g/mol. The summed E-state index contributed by atoms with van der Waals surface area (Å²) in [4.78, 5) is 37.5. The number of nitrogens with one attached hydrogen (secondary N) is 1. The first-order valence-corrected chi connectivity index (χ1v) is 8.33. The number of ether oxygens (including phenoxy) is 1. The van der Waals surface area contributed by atoms with Crippen molar-refractivity contribution in [1.29, 1.82) is 0 Å². The zero-order valence-electron chi connectivity index (χ0n) is 15.6. The molecule has 1 aromatic heterocycles. The molecule has 0 aromatic carbocycles. The largest absolute Gasteiger partial charge is 0.479 e. The highest BCUT2D eigenvalue weighted by molar-refractivity contribution is 5.97. The van der Waals surface area contributed by atoms with Crippen molar-refractivity contribution in [3.05, 3.63) is 11.9 Å². The van der Waals surface area contributed by atoms with Crippen LogP contribution in [0.5, 0.6) is 0 Å². The van der Waals surface area contributed by atoms with Crippen LogP contribution < -0.4 is 5.32 Å². The van der Waals surface area contributed by atoms with Crippen LogP contribution in [0.1, 0.15) is 37.7 Å². The molecule has 2 rings (SSSR count). The van der Waals surface area contributed by atoms with Crippen LogP contribution in [0.3, 0.4) is 0 Å². The van der Waals surface area contributed by atoms with Gasteiger partial charge in [0, 0.05) is 32.5 Å². The molecule has 1 heterocycles. The van der Waals surface area contributed by atoms with E-state index in [2.05, 4.69) is 15.6 Å². The Morgan fingerprint density at radius 2 is 2.08 bits per heavy atom. The summed E-state index contributed by atoms with van der Waals surface area (Å²) in [6.45, 7) is 5.74. The van der Waals surface area contributed by atoms with Gasteiger partial charge in [-0.25, -0.2) is 9.48 Å². The van der Waals surface area contributed by atoms with E-state index in [0.29, 0.717) is 6.61 Å². The van der Waals surface area contributed by atoms with Crippen molar-refractivity contribution in [2.45, 2.75) is 45.4 Å². The lowest BCUT2D eigenvalue weighted by Gasteiger charge is -2.58. The van der Waals surface area contributed by atoms with E-state index < -0.39 is 22.8 Å². The van der Waals surface area contributed by atoms with E-state index in [4.69, 9.17) is 4.74 Å². The number of aliphatic carboxylic acids is 1. The highest BCUT2D eigenvalue weighted by Crippen LogP contribution is 2.51. The molecule has 0 radical (unpaired) electrons. The molecule has 2 amide bonds. The van der Waals surface area contributed by atoms with Gasteiger partial charge in [-0.2, -0.15) is 0 Å². The molecule has 0 saturated heterocycles. The first kappa shape index (κ1) is 19.8. The second kappa shape index (κ2) is 7.02. The number of nitrogens with zero attached hydrogens (tertiary/aromatic N) is 4. The number of carboxylic acids is 1.